The number of amides is 1. The lowest BCUT2D eigenvalue weighted by Crippen LogP contribution is -2.29. The van der Waals surface area contributed by atoms with Crippen molar-refractivity contribution in [2.24, 2.45) is 5.73 Å². The molecule has 8 nitrogen and oxygen atoms in total. The van der Waals surface area contributed by atoms with E-state index >= 15 is 0 Å². The number of benzene rings is 2. The summed E-state index contributed by atoms with van der Waals surface area (Å²) in [5.74, 6) is 1.69. The molecule has 3 heterocycles. The zero-order valence-electron chi connectivity index (χ0n) is 20.3. The molecule has 178 valence electrons. The molecule has 0 bridgehead atoms. The summed E-state index contributed by atoms with van der Waals surface area (Å²) >= 11 is 0. The van der Waals surface area contributed by atoms with Gasteiger partial charge in [-0.1, -0.05) is 50.2 Å². The second kappa shape index (κ2) is 8.54. The number of aryl methyl sites for hydroxylation is 1. The van der Waals surface area contributed by atoms with Crippen LogP contribution in [-0.4, -0.2) is 45.9 Å². The van der Waals surface area contributed by atoms with Crippen molar-refractivity contribution in [3.63, 3.8) is 0 Å². The summed E-state index contributed by atoms with van der Waals surface area (Å²) in [5, 5.41) is 4.21. The van der Waals surface area contributed by atoms with Gasteiger partial charge in [0.15, 0.2) is 11.6 Å². The Morgan fingerprint density at radius 1 is 1.03 bits per heavy atom. The summed E-state index contributed by atoms with van der Waals surface area (Å²) in [6.07, 6.45) is 1.90. The Hall–Kier alpha value is -4.20. The number of carbonyl (C=O) groups excluding carboxylic acids is 1. The molecule has 0 aliphatic carbocycles. The third-order valence-electron chi connectivity index (χ3n) is 6.64. The van der Waals surface area contributed by atoms with Crippen molar-refractivity contribution in [3.8, 4) is 22.6 Å². The standard InChI is InChI=1S/C27H28N6O2/c1-17-30-25(24(28)34)31-33(17)22-11-9-21(10-12-22)27(2,3)20-7-5-18(6-8-20)19-15-23-26(29-16-19)32(4)13-14-35-23/h5-12,15-16H,13-14H2,1-4H3,(H2,28,34). The third kappa shape index (κ3) is 4.12. The van der Waals surface area contributed by atoms with Gasteiger partial charge in [-0.2, -0.15) is 0 Å². The lowest BCUT2D eigenvalue weighted by molar-refractivity contribution is 0.0990. The Balaban J connectivity index is 1.39. The SMILES string of the molecule is Cc1nc(C(N)=O)nn1-c1ccc(C(C)(C)c2ccc(-c3cnc4c(c3)OCCN4C)cc2)cc1. The number of nitrogens with zero attached hydrogens (tertiary/aromatic N) is 5. The number of anilines is 1. The van der Waals surface area contributed by atoms with E-state index in [1.165, 1.54) is 5.56 Å². The normalized spacial score (nSPS) is 13.3. The number of primary amides is 1. The fourth-order valence-corrected chi connectivity index (χ4v) is 4.39. The van der Waals surface area contributed by atoms with Crippen molar-refractivity contribution in [3.05, 3.63) is 83.6 Å². The van der Waals surface area contributed by atoms with E-state index in [4.69, 9.17) is 10.5 Å². The van der Waals surface area contributed by atoms with Gasteiger partial charge >= 0.3 is 0 Å². The maximum atomic E-state index is 11.4. The average Bonchev–Trinajstić information content (AvgIpc) is 3.26. The van der Waals surface area contributed by atoms with Crippen molar-refractivity contribution < 1.29 is 9.53 Å². The number of hydrogen-bond donors (Lipinski definition) is 1. The molecule has 0 saturated heterocycles. The Kier molecular flexibility index (Phi) is 5.51. The summed E-state index contributed by atoms with van der Waals surface area (Å²) in [6, 6.07) is 18.8. The molecule has 0 radical (unpaired) electrons. The van der Waals surface area contributed by atoms with Crippen molar-refractivity contribution in [2.45, 2.75) is 26.2 Å². The van der Waals surface area contributed by atoms with Gasteiger partial charge in [0.2, 0.25) is 5.82 Å². The summed E-state index contributed by atoms with van der Waals surface area (Å²) in [6.45, 7) is 7.71. The summed E-state index contributed by atoms with van der Waals surface area (Å²) in [5.41, 5.74) is 10.4. The maximum Gasteiger partial charge on any atom is 0.288 e. The van der Waals surface area contributed by atoms with Crippen LogP contribution in [-0.2, 0) is 5.41 Å². The molecule has 5 rings (SSSR count). The van der Waals surface area contributed by atoms with Crippen LogP contribution in [0.1, 0.15) is 41.4 Å². The van der Waals surface area contributed by atoms with Crippen LogP contribution in [0.4, 0.5) is 5.82 Å². The number of aromatic nitrogens is 4. The second-order valence-electron chi connectivity index (χ2n) is 9.32. The van der Waals surface area contributed by atoms with E-state index in [2.05, 4.69) is 76.3 Å². The number of rotatable bonds is 5. The molecule has 8 heteroatoms. The first-order valence-electron chi connectivity index (χ1n) is 11.5. The molecule has 0 saturated carbocycles. The number of nitrogens with two attached hydrogens (primary N) is 1. The topological polar surface area (TPSA) is 99.2 Å². The predicted octanol–water partition coefficient (Wildman–Crippen LogP) is 3.89. The van der Waals surface area contributed by atoms with Crippen molar-refractivity contribution in [2.75, 3.05) is 25.1 Å². The number of fused-ring (bicyclic) bond motifs is 1. The molecule has 4 aromatic rings. The molecular formula is C27H28N6O2. The van der Waals surface area contributed by atoms with Gasteiger partial charge < -0.3 is 15.4 Å². The molecular weight excluding hydrogens is 440 g/mol. The van der Waals surface area contributed by atoms with Gasteiger partial charge in [0.25, 0.3) is 5.91 Å². The molecule has 2 aromatic carbocycles. The smallest absolute Gasteiger partial charge is 0.288 e. The van der Waals surface area contributed by atoms with E-state index < -0.39 is 5.91 Å². The van der Waals surface area contributed by atoms with E-state index in [-0.39, 0.29) is 11.2 Å². The highest BCUT2D eigenvalue weighted by Gasteiger charge is 2.24. The molecule has 0 unspecified atom stereocenters. The van der Waals surface area contributed by atoms with Gasteiger partial charge in [-0.05, 0) is 41.8 Å². The minimum absolute atomic E-state index is 0.0136. The van der Waals surface area contributed by atoms with Gasteiger partial charge in [-0.3, -0.25) is 4.79 Å². The van der Waals surface area contributed by atoms with E-state index in [1.54, 1.807) is 11.6 Å². The van der Waals surface area contributed by atoms with Gasteiger partial charge in [0.05, 0.1) is 12.2 Å². The highest BCUT2D eigenvalue weighted by Crippen LogP contribution is 2.35. The molecule has 0 atom stereocenters. The van der Waals surface area contributed by atoms with Gasteiger partial charge in [-0.25, -0.2) is 14.6 Å². The van der Waals surface area contributed by atoms with E-state index in [0.29, 0.717) is 12.4 Å². The molecule has 35 heavy (non-hydrogen) atoms. The van der Waals surface area contributed by atoms with E-state index in [1.807, 2.05) is 25.4 Å². The molecule has 0 fully saturated rings. The minimum atomic E-state index is -0.640. The quantitative estimate of drug-likeness (QED) is 0.477. The monoisotopic (exact) mass is 468 g/mol. The van der Waals surface area contributed by atoms with Crippen LogP contribution < -0.4 is 15.4 Å². The second-order valence-corrected chi connectivity index (χ2v) is 9.32. The van der Waals surface area contributed by atoms with Crippen molar-refractivity contribution in [1.82, 2.24) is 19.7 Å². The highest BCUT2D eigenvalue weighted by atomic mass is 16.5. The fourth-order valence-electron chi connectivity index (χ4n) is 4.39. The molecule has 1 amide bonds. The number of pyridine rings is 1. The summed E-state index contributed by atoms with van der Waals surface area (Å²) < 4.78 is 7.44. The number of ether oxygens (including phenoxy) is 1. The fraction of sp³-hybridized carbons (Fsp3) is 0.259. The third-order valence-corrected chi connectivity index (χ3v) is 6.64. The first-order chi connectivity index (χ1) is 16.7. The maximum absolute atomic E-state index is 11.4. The van der Waals surface area contributed by atoms with Crippen molar-refractivity contribution in [1.29, 1.82) is 0 Å². The number of likely N-dealkylation sites (N-methyl/N-ethyl adjacent to an activating group) is 1. The largest absolute Gasteiger partial charge is 0.488 e. The van der Waals surface area contributed by atoms with Crippen LogP contribution in [0.2, 0.25) is 0 Å². The first kappa shape index (κ1) is 22.6. The summed E-state index contributed by atoms with van der Waals surface area (Å²) in [4.78, 5) is 22.3. The number of hydrogen-bond acceptors (Lipinski definition) is 6. The van der Waals surface area contributed by atoms with E-state index in [9.17, 15) is 4.79 Å². The Morgan fingerprint density at radius 2 is 1.69 bits per heavy atom. The zero-order chi connectivity index (χ0) is 24.7. The lowest BCUT2D eigenvalue weighted by atomic mass is 9.78. The molecule has 1 aliphatic heterocycles. The first-order valence-corrected chi connectivity index (χ1v) is 11.5. The van der Waals surface area contributed by atoms with Crippen LogP contribution in [0.5, 0.6) is 5.75 Å². The van der Waals surface area contributed by atoms with Crippen LogP contribution >= 0.6 is 0 Å². The molecule has 2 N–H and O–H groups in total. The number of carbonyl (C=O) groups is 1. The average molecular weight is 469 g/mol. The van der Waals surface area contributed by atoms with Crippen LogP contribution in [0.15, 0.2) is 60.8 Å². The minimum Gasteiger partial charge on any atom is -0.488 e. The predicted molar refractivity (Wildman–Crippen MR) is 135 cm³/mol. The van der Waals surface area contributed by atoms with Crippen LogP contribution in [0.3, 0.4) is 0 Å². The summed E-state index contributed by atoms with van der Waals surface area (Å²) in [7, 11) is 2.03. The Morgan fingerprint density at radius 3 is 2.31 bits per heavy atom. The zero-order valence-corrected chi connectivity index (χ0v) is 20.3. The highest BCUT2D eigenvalue weighted by molar-refractivity contribution is 5.88. The van der Waals surface area contributed by atoms with Gasteiger partial charge in [0.1, 0.15) is 12.4 Å². The molecule has 0 spiro atoms. The Labute approximate surface area is 204 Å². The Bertz CT molecular complexity index is 1390. The van der Waals surface area contributed by atoms with Crippen LogP contribution in [0, 0.1) is 6.92 Å². The van der Waals surface area contributed by atoms with E-state index in [0.717, 1.165) is 40.5 Å². The lowest BCUT2D eigenvalue weighted by Gasteiger charge is -2.27. The molecule has 1 aliphatic rings. The van der Waals surface area contributed by atoms with Crippen molar-refractivity contribution >= 4 is 11.7 Å². The molecule has 2 aromatic heterocycles. The van der Waals surface area contributed by atoms with Gasteiger partial charge in [-0.15, -0.1) is 5.10 Å². The van der Waals surface area contributed by atoms with Crippen LogP contribution in [0.25, 0.3) is 16.8 Å². The van der Waals surface area contributed by atoms with Gasteiger partial charge in [0, 0.05) is 24.2 Å².